The molecule has 0 heterocycles. The zero-order valence-corrected chi connectivity index (χ0v) is 9.65. The molecule has 0 aliphatic rings. The Morgan fingerprint density at radius 2 is 1.33 bits per heavy atom. The number of hydrogen-bond acceptors (Lipinski definition) is 0. The summed E-state index contributed by atoms with van der Waals surface area (Å²) in [5, 5.41) is 0. The predicted octanol–water partition coefficient (Wildman–Crippen LogP) is 4.08. The van der Waals surface area contributed by atoms with Gasteiger partial charge in [-0.2, -0.15) is 0 Å². The van der Waals surface area contributed by atoms with E-state index in [1.165, 1.54) is 0 Å². The van der Waals surface area contributed by atoms with Crippen molar-refractivity contribution in [1.82, 2.24) is 0 Å². The summed E-state index contributed by atoms with van der Waals surface area (Å²) in [6.07, 6.45) is 0. The molecule has 0 nitrogen and oxygen atoms in total. The molecule has 0 rings (SSSR count). The van der Waals surface area contributed by atoms with Crippen molar-refractivity contribution in [3.05, 3.63) is 0 Å². The Bertz CT molecular complexity index is 161. The van der Waals surface area contributed by atoms with E-state index >= 15 is 0 Å². The van der Waals surface area contributed by atoms with Crippen LogP contribution in [0, 0.1) is 11.5 Å². The average molecular weight is 184 g/mol. The highest BCUT2D eigenvalue weighted by Gasteiger charge is 2.32. The molecule has 0 amide bonds. The second-order valence-corrected chi connectivity index (χ2v) is 9.09. The topological polar surface area (TPSA) is 0 Å². The van der Waals surface area contributed by atoms with E-state index in [1.54, 1.807) is 0 Å². The molecule has 0 unspecified atom stereocenters. The standard InChI is InChI=1S/C10H20Si.CH4/c1-7-8-11(6,9(2)3)10(4)5;/h9-10H,1-6H3;1H4. The molecular formula is C11H24Si. The van der Waals surface area contributed by atoms with Crippen molar-refractivity contribution in [2.75, 3.05) is 0 Å². The van der Waals surface area contributed by atoms with E-state index in [9.17, 15) is 0 Å². The van der Waals surface area contributed by atoms with Crippen LogP contribution in [0.5, 0.6) is 0 Å². The maximum Gasteiger partial charge on any atom is 0.140 e. The zero-order chi connectivity index (χ0) is 9.07. The van der Waals surface area contributed by atoms with Crippen molar-refractivity contribution < 1.29 is 0 Å². The van der Waals surface area contributed by atoms with Crippen LogP contribution in [-0.4, -0.2) is 8.07 Å². The van der Waals surface area contributed by atoms with Gasteiger partial charge in [0.25, 0.3) is 0 Å². The predicted molar refractivity (Wildman–Crippen MR) is 62.0 cm³/mol. The van der Waals surface area contributed by atoms with Crippen LogP contribution in [0.25, 0.3) is 0 Å². The molecule has 0 saturated carbocycles. The van der Waals surface area contributed by atoms with E-state index in [1.807, 2.05) is 6.92 Å². The monoisotopic (exact) mass is 184 g/mol. The lowest BCUT2D eigenvalue weighted by Crippen LogP contribution is -2.35. The van der Waals surface area contributed by atoms with Gasteiger partial charge in [-0.25, -0.2) is 0 Å². The Morgan fingerprint density at radius 3 is 1.42 bits per heavy atom. The fourth-order valence-corrected chi connectivity index (χ4v) is 3.67. The van der Waals surface area contributed by atoms with Gasteiger partial charge in [0, 0.05) is 0 Å². The van der Waals surface area contributed by atoms with E-state index in [-0.39, 0.29) is 7.43 Å². The first-order valence-electron chi connectivity index (χ1n) is 4.39. The molecule has 0 spiro atoms. The molecule has 0 atom stereocenters. The zero-order valence-electron chi connectivity index (χ0n) is 8.65. The molecule has 0 aliphatic heterocycles. The van der Waals surface area contributed by atoms with E-state index < -0.39 is 8.07 Å². The Kier molecular flexibility index (Phi) is 6.47. The van der Waals surface area contributed by atoms with E-state index in [2.05, 4.69) is 45.7 Å². The van der Waals surface area contributed by atoms with Crippen molar-refractivity contribution in [2.24, 2.45) is 0 Å². The quantitative estimate of drug-likeness (QED) is 0.448. The summed E-state index contributed by atoms with van der Waals surface area (Å²) >= 11 is 0. The highest BCUT2D eigenvalue weighted by molar-refractivity contribution is 6.88. The Hall–Kier alpha value is -0.223. The molecule has 0 aromatic heterocycles. The average Bonchev–Trinajstić information content (AvgIpc) is 1.87. The molecule has 0 aromatic rings. The van der Waals surface area contributed by atoms with Crippen molar-refractivity contribution >= 4 is 8.07 Å². The first-order valence-corrected chi connectivity index (χ1v) is 7.04. The maximum absolute atomic E-state index is 3.45. The normalized spacial score (nSPS) is 10.7. The molecule has 72 valence electrons. The lowest BCUT2D eigenvalue weighted by Gasteiger charge is -2.29. The van der Waals surface area contributed by atoms with Crippen LogP contribution in [-0.2, 0) is 0 Å². The van der Waals surface area contributed by atoms with Gasteiger partial charge in [0.2, 0.25) is 0 Å². The van der Waals surface area contributed by atoms with Gasteiger partial charge < -0.3 is 0 Å². The first kappa shape index (κ1) is 14.3. The minimum Gasteiger partial charge on any atom is -0.131 e. The molecule has 0 bridgehead atoms. The smallest absolute Gasteiger partial charge is 0.131 e. The highest BCUT2D eigenvalue weighted by Crippen LogP contribution is 2.30. The van der Waals surface area contributed by atoms with E-state index in [0.717, 1.165) is 11.1 Å². The maximum atomic E-state index is 3.45. The van der Waals surface area contributed by atoms with Gasteiger partial charge in [-0.3, -0.25) is 0 Å². The van der Waals surface area contributed by atoms with Crippen molar-refractivity contribution in [2.45, 2.75) is 59.7 Å². The Balaban J connectivity index is 0. The second-order valence-electron chi connectivity index (χ2n) is 3.97. The lowest BCUT2D eigenvalue weighted by atomic mass is 10.5. The van der Waals surface area contributed by atoms with E-state index in [4.69, 9.17) is 0 Å². The van der Waals surface area contributed by atoms with Gasteiger partial charge in [-0.15, -0.1) is 11.5 Å². The van der Waals surface area contributed by atoms with Crippen molar-refractivity contribution in [1.29, 1.82) is 0 Å². The summed E-state index contributed by atoms with van der Waals surface area (Å²) < 4.78 is 0. The molecule has 0 radical (unpaired) electrons. The van der Waals surface area contributed by atoms with E-state index in [0.29, 0.717) is 0 Å². The molecule has 0 aromatic carbocycles. The molecule has 12 heavy (non-hydrogen) atoms. The largest absolute Gasteiger partial charge is 0.140 e. The van der Waals surface area contributed by atoms with Gasteiger partial charge in [0.1, 0.15) is 8.07 Å². The van der Waals surface area contributed by atoms with Crippen LogP contribution in [0.4, 0.5) is 0 Å². The lowest BCUT2D eigenvalue weighted by molar-refractivity contribution is 0.920. The minimum absolute atomic E-state index is 0. The molecule has 0 aliphatic carbocycles. The van der Waals surface area contributed by atoms with Gasteiger partial charge in [0.05, 0.1) is 0 Å². The number of rotatable bonds is 2. The molecule has 0 N–H and O–H groups in total. The summed E-state index contributed by atoms with van der Waals surface area (Å²) in [5.41, 5.74) is 4.99. The Morgan fingerprint density at radius 1 is 1.00 bits per heavy atom. The van der Waals surface area contributed by atoms with Crippen LogP contribution in [0.15, 0.2) is 0 Å². The summed E-state index contributed by atoms with van der Waals surface area (Å²) in [7, 11) is -1.27. The summed E-state index contributed by atoms with van der Waals surface area (Å²) in [6, 6.07) is 0. The summed E-state index contributed by atoms with van der Waals surface area (Å²) in [5.74, 6) is 3.08. The third kappa shape index (κ3) is 3.03. The van der Waals surface area contributed by atoms with Gasteiger partial charge in [-0.05, 0) is 18.0 Å². The molecular weight excluding hydrogens is 160 g/mol. The van der Waals surface area contributed by atoms with Gasteiger partial charge >= 0.3 is 0 Å². The molecule has 0 saturated heterocycles. The van der Waals surface area contributed by atoms with Crippen LogP contribution < -0.4 is 0 Å². The summed E-state index contributed by atoms with van der Waals surface area (Å²) in [4.78, 5) is 0. The Labute approximate surface area is 79.8 Å². The fourth-order valence-electron chi connectivity index (χ4n) is 1.22. The highest BCUT2D eigenvalue weighted by atomic mass is 28.3. The molecule has 1 heteroatoms. The van der Waals surface area contributed by atoms with Crippen LogP contribution in [0.1, 0.15) is 42.0 Å². The van der Waals surface area contributed by atoms with Crippen LogP contribution in [0.3, 0.4) is 0 Å². The van der Waals surface area contributed by atoms with Crippen LogP contribution in [0.2, 0.25) is 17.6 Å². The van der Waals surface area contributed by atoms with Gasteiger partial charge in [-0.1, -0.05) is 41.7 Å². The fraction of sp³-hybridized carbons (Fsp3) is 0.818. The summed E-state index contributed by atoms with van der Waals surface area (Å²) in [6.45, 7) is 13.6. The third-order valence-corrected chi connectivity index (χ3v) is 8.38. The second kappa shape index (κ2) is 5.43. The third-order valence-electron chi connectivity index (χ3n) is 2.79. The minimum atomic E-state index is -1.27. The van der Waals surface area contributed by atoms with Crippen molar-refractivity contribution in [3.63, 3.8) is 0 Å². The molecule has 0 fully saturated rings. The van der Waals surface area contributed by atoms with Crippen LogP contribution >= 0.6 is 0 Å². The SMILES string of the molecule is C.CC#C[Si](C)(C(C)C)C(C)C. The van der Waals surface area contributed by atoms with Gasteiger partial charge in [0.15, 0.2) is 0 Å². The first-order chi connectivity index (χ1) is 4.95. The van der Waals surface area contributed by atoms with Crippen molar-refractivity contribution in [3.8, 4) is 11.5 Å². The number of hydrogen-bond donors (Lipinski definition) is 0.